The number of hydrogen-bond acceptors (Lipinski definition) is 2. The minimum atomic E-state index is -1.04. The summed E-state index contributed by atoms with van der Waals surface area (Å²) in [7, 11) is 0. The van der Waals surface area contributed by atoms with Crippen molar-refractivity contribution in [1.82, 2.24) is 0 Å². The van der Waals surface area contributed by atoms with Crippen molar-refractivity contribution in [3.05, 3.63) is 28.0 Å². The van der Waals surface area contributed by atoms with E-state index in [1.165, 1.54) is 6.07 Å². The zero-order valence-corrected chi connectivity index (χ0v) is 7.94. The Kier molecular flexibility index (Phi) is 3.20. The molecule has 0 saturated heterocycles. The fourth-order valence-electron chi connectivity index (χ4n) is 0.784. The van der Waals surface area contributed by atoms with E-state index in [-0.39, 0.29) is 11.3 Å². The van der Waals surface area contributed by atoms with Crippen LogP contribution in [0.25, 0.3) is 0 Å². The van der Waals surface area contributed by atoms with Gasteiger partial charge >= 0.3 is 0 Å². The number of benzene rings is 1. The van der Waals surface area contributed by atoms with Crippen LogP contribution >= 0.6 is 15.9 Å². The molecule has 0 saturated carbocycles. The molecule has 0 amide bonds. The molecule has 0 aromatic heterocycles. The van der Waals surface area contributed by atoms with E-state index < -0.39 is 12.7 Å². The minimum absolute atomic E-state index is 0.0407. The predicted octanol–water partition coefficient (Wildman–Crippen LogP) is 2.77. The molecule has 2 nitrogen and oxygen atoms in total. The molecule has 1 rings (SSSR count). The molecule has 0 radical (unpaired) electrons. The Morgan fingerprint density at radius 3 is 2.77 bits per heavy atom. The first kappa shape index (κ1) is 9.93. The average molecular weight is 248 g/mol. The lowest BCUT2D eigenvalue weighted by molar-refractivity contribution is 0.190. The molecule has 0 unspecified atom stereocenters. The third-order valence-corrected chi connectivity index (χ3v) is 1.97. The van der Waals surface area contributed by atoms with E-state index in [1.807, 2.05) is 0 Å². The summed E-state index contributed by atoms with van der Waals surface area (Å²) in [5, 5.41) is 8.44. The first-order valence-electron chi connectivity index (χ1n) is 3.27. The Morgan fingerprint density at radius 2 is 2.23 bits per heavy atom. The van der Waals surface area contributed by atoms with Gasteiger partial charge in [-0.05, 0) is 22.0 Å². The van der Waals surface area contributed by atoms with E-state index in [0.717, 1.165) is 6.07 Å². The number of hydrogen-bond donors (Lipinski definition) is 0. The molecule has 0 atom stereocenters. The monoisotopic (exact) mass is 247 g/mol. The molecule has 13 heavy (non-hydrogen) atoms. The van der Waals surface area contributed by atoms with Crippen molar-refractivity contribution in [3.8, 4) is 11.8 Å². The summed E-state index contributed by atoms with van der Waals surface area (Å²) in [5.74, 6) is -0.687. The van der Waals surface area contributed by atoms with Gasteiger partial charge in [-0.1, -0.05) is 0 Å². The second-order valence-electron chi connectivity index (χ2n) is 2.13. The predicted molar refractivity (Wildman–Crippen MR) is 45.4 cm³/mol. The van der Waals surface area contributed by atoms with Crippen LogP contribution in [0, 0.1) is 17.1 Å². The topological polar surface area (TPSA) is 33.0 Å². The average Bonchev–Trinajstić information content (AvgIpc) is 2.11. The maximum Gasteiger partial charge on any atom is 0.228 e. The van der Waals surface area contributed by atoms with Gasteiger partial charge in [0.05, 0.1) is 10.0 Å². The van der Waals surface area contributed by atoms with Crippen LogP contribution in [0.4, 0.5) is 8.78 Å². The van der Waals surface area contributed by atoms with Crippen molar-refractivity contribution in [2.45, 2.75) is 0 Å². The van der Waals surface area contributed by atoms with Crippen molar-refractivity contribution < 1.29 is 13.5 Å². The molecule has 1 aromatic carbocycles. The molecule has 0 fully saturated rings. The van der Waals surface area contributed by atoms with Gasteiger partial charge < -0.3 is 4.74 Å². The summed E-state index contributed by atoms with van der Waals surface area (Å²) < 4.78 is 29.5. The van der Waals surface area contributed by atoms with Crippen LogP contribution in [-0.2, 0) is 0 Å². The third kappa shape index (κ3) is 2.16. The van der Waals surface area contributed by atoms with E-state index in [2.05, 4.69) is 20.7 Å². The summed E-state index contributed by atoms with van der Waals surface area (Å²) in [4.78, 5) is 0. The Hall–Kier alpha value is -1.15. The Bertz CT molecular complexity index is 362. The van der Waals surface area contributed by atoms with E-state index in [0.29, 0.717) is 4.47 Å². The van der Waals surface area contributed by atoms with Crippen LogP contribution < -0.4 is 4.74 Å². The van der Waals surface area contributed by atoms with Crippen LogP contribution in [0.1, 0.15) is 5.56 Å². The fourth-order valence-corrected chi connectivity index (χ4v) is 1.24. The quantitative estimate of drug-likeness (QED) is 0.806. The largest absolute Gasteiger partial charge is 0.462 e. The molecule has 0 bridgehead atoms. The van der Waals surface area contributed by atoms with Crippen LogP contribution in [0.5, 0.6) is 5.75 Å². The number of halogens is 3. The Morgan fingerprint density at radius 1 is 1.54 bits per heavy atom. The van der Waals surface area contributed by atoms with Gasteiger partial charge in [-0.25, -0.2) is 8.78 Å². The summed E-state index contributed by atoms with van der Waals surface area (Å²) in [6.45, 7) is -1.04. The summed E-state index contributed by atoms with van der Waals surface area (Å²) in [6.07, 6.45) is 0. The minimum Gasteiger partial charge on any atom is -0.462 e. The molecular formula is C8H4BrF2NO. The third-order valence-electron chi connectivity index (χ3n) is 1.35. The summed E-state index contributed by atoms with van der Waals surface area (Å²) in [5.41, 5.74) is -0.113. The molecule has 5 heteroatoms. The van der Waals surface area contributed by atoms with Crippen LogP contribution in [-0.4, -0.2) is 6.86 Å². The molecule has 0 aliphatic carbocycles. The van der Waals surface area contributed by atoms with Crippen LogP contribution in [0.3, 0.4) is 0 Å². The Labute approximate surface area is 81.9 Å². The molecular weight excluding hydrogens is 244 g/mol. The smallest absolute Gasteiger partial charge is 0.228 e. The Balaban J connectivity index is 3.14. The molecule has 0 aliphatic heterocycles. The maximum atomic E-state index is 12.9. The van der Waals surface area contributed by atoms with Gasteiger partial charge in [-0.15, -0.1) is 0 Å². The number of rotatable bonds is 2. The normalized spacial score (nSPS) is 9.38. The highest BCUT2D eigenvalue weighted by Crippen LogP contribution is 2.27. The fraction of sp³-hybridized carbons (Fsp3) is 0.125. The van der Waals surface area contributed by atoms with Gasteiger partial charge in [0.25, 0.3) is 0 Å². The van der Waals surface area contributed by atoms with Gasteiger partial charge in [0.2, 0.25) is 6.86 Å². The van der Waals surface area contributed by atoms with E-state index >= 15 is 0 Å². The lowest BCUT2D eigenvalue weighted by Crippen LogP contribution is -1.93. The lowest BCUT2D eigenvalue weighted by Gasteiger charge is -2.04. The van der Waals surface area contributed by atoms with Crippen LogP contribution in [0.15, 0.2) is 16.6 Å². The van der Waals surface area contributed by atoms with Gasteiger partial charge in [0.15, 0.2) is 0 Å². The molecule has 0 aliphatic rings. The zero-order valence-electron chi connectivity index (χ0n) is 6.35. The highest BCUT2D eigenvalue weighted by molar-refractivity contribution is 9.10. The van der Waals surface area contributed by atoms with Crippen molar-refractivity contribution in [1.29, 1.82) is 5.26 Å². The molecule has 0 heterocycles. The number of ether oxygens (including phenoxy) is 1. The molecule has 0 N–H and O–H groups in total. The molecule has 68 valence electrons. The first-order valence-corrected chi connectivity index (χ1v) is 4.06. The van der Waals surface area contributed by atoms with Gasteiger partial charge in [0.1, 0.15) is 17.6 Å². The highest BCUT2D eigenvalue weighted by atomic mass is 79.9. The van der Waals surface area contributed by atoms with Crippen LogP contribution in [0.2, 0.25) is 0 Å². The number of nitriles is 1. The van der Waals surface area contributed by atoms with Crippen molar-refractivity contribution in [3.63, 3.8) is 0 Å². The standard InChI is InChI=1S/C8H4BrF2NO/c9-6-1-5(3-12)7(11)2-8(6)13-4-10/h1-2H,4H2. The number of alkyl halides is 1. The number of nitrogens with zero attached hydrogens (tertiary/aromatic N) is 1. The summed E-state index contributed by atoms with van der Waals surface area (Å²) >= 11 is 3.01. The first-order chi connectivity index (χ1) is 6.19. The highest BCUT2D eigenvalue weighted by Gasteiger charge is 2.08. The van der Waals surface area contributed by atoms with Crippen molar-refractivity contribution >= 4 is 15.9 Å². The molecule has 0 spiro atoms. The van der Waals surface area contributed by atoms with Crippen molar-refractivity contribution in [2.24, 2.45) is 0 Å². The summed E-state index contributed by atoms with van der Waals surface area (Å²) in [6, 6.07) is 3.85. The second kappa shape index (κ2) is 4.19. The van der Waals surface area contributed by atoms with Gasteiger partial charge in [0, 0.05) is 6.07 Å². The van der Waals surface area contributed by atoms with E-state index in [9.17, 15) is 8.78 Å². The maximum absolute atomic E-state index is 12.9. The lowest BCUT2D eigenvalue weighted by atomic mass is 10.2. The van der Waals surface area contributed by atoms with Gasteiger partial charge in [-0.2, -0.15) is 5.26 Å². The SMILES string of the molecule is N#Cc1cc(Br)c(OCF)cc1F. The van der Waals surface area contributed by atoms with Gasteiger partial charge in [-0.3, -0.25) is 0 Å². The van der Waals surface area contributed by atoms with E-state index in [1.54, 1.807) is 6.07 Å². The van der Waals surface area contributed by atoms with Crippen molar-refractivity contribution in [2.75, 3.05) is 6.86 Å². The second-order valence-corrected chi connectivity index (χ2v) is 2.98. The zero-order chi connectivity index (χ0) is 9.84. The molecule has 1 aromatic rings. The van der Waals surface area contributed by atoms with E-state index in [4.69, 9.17) is 5.26 Å².